The van der Waals surface area contributed by atoms with Crippen LogP contribution in [-0.2, 0) is 29.1 Å². The first kappa shape index (κ1) is 27.3. The van der Waals surface area contributed by atoms with Gasteiger partial charge in [0.2, 0.25) is 0 Å². The Bertz CT molecular complexity index is 1520. The zero-order valence-corrected chi connectivity index (χ0v) is 23.1. The van der Waals surface area contributed by atoms with E-state index in [1.54, 1.807) is 11.0 Å². The van der Waals surface area contributed by atoms with Crippen LogP contribution in [0.3, 0.4) is 0 Å². The number of benzene rings is 4. The van der Waals surface area contributed by atoms with Crippen molar-refractivity contribution in [3.8, 4) is 16.9 Å². The molecule has 1 N–H and O–H groups in total. The van der Waals surface area contributed by atoms with Gasteiger partial charge in [-0.25, -0.2) is 4.79 Å². The number of carbonyl (C=O) groups excluding carboxylic acids is 1. The van der Waals surface area contributed by atoms with Crippen molar-refractivity contribution in [3.63, 3.8) is 0 Å². The first-order valence-corrected chi connectivity index (χ1v) is 13.5. The number of halogens is 1. The molecule has 1 amide bonds. The lowest BCUT2D eigenvalue weighted by molar-refractivity contribution is -0.136. The van der Waals surface area contributed by atoms with Crippen LogP contribution in [0, 0.1) is 6.92 Å². The van der Waals surface area contributed by atoms with Crippen molar-refractivity contribution in [2.24, 2.45) is 0 Å². The number of nitrogens with zero attached hydrogens (tertiary/aromatic N) is 1. The van der Waals surface area contributed by atoms with Crippen LogP contribution in [0.1, 0.15) is 40.8 Å². The van der Waals surface area contributed by atoms with Crippen LogP contribution in [0.25, 0.3) is 11.1 Å². The maximum atomic E-state index is 13.0. The van der Waals surface area contributed by atoms with Gasteiger partial charge in [0.15, 0.2) is 0 Å². The predicted molar refractivity (Wildman–Crippen MR) is 154 cm³/mol. The smallest absolute Gasteiger partial charge is 0.411 e. The Morgan fingerprint density at radius 3 is 2.40 bits per heavy atom. The van der Waals surface area contributed by atoms with Gasteiger partial charge in [0.25, 0.3) is 0 Å². The molecule has 0 spiro atoms. The number of ether oxygens (including phenoxy) is 2. The summed E-state index contributed by atoms with van der Waals surface area (Å²) >= 11 is 6.03. The topological polar surface area (TPSA) is 76.1 Å². The van der Waals surface area contributed by atoms with E-state index in [1.165, 1.54) is 0 Å². The van der Waals surface area contributed by atoms with E-state index in [-0.39, 0.29) is 24.7 Å². The molecule has 1 saturated heterocycles. The second-order valence-electron chi connectivity index (χ2n) is 10.1. The minimum absolute atomic E-state index is 0.111. The molecule has 0 aliphatic carbocycles. The Kier molecular flexibility index (Phi) is 8.08. The van der Waals surface area contributed by atoms with Gasteiger partial charge in [0.1, 0.15) is 18.5 Å². The Morgan fingerprint density at radius 1 is 0.950 bits per heavy atom. The lowest BCUT2D eigenvalue weighted by Crippen LogP contribution is -2.31. The quantitative estimate of drug-likeness (QED) is 0.230. The molecule has 4 aromatic carbocycles. The molecule has 5 rings (SSSR count). The number of aryl methyl sites for hydroxylation is 1. The van der Waals surface area contributed by atoms with Crippen molar-refractivity contribution in [1.29, 1.82) is 0 Å². The molecule has 1 aliphatic heterocycles. The fourth-order valence-corrected chi connectivity index (χ4v) is 5.17. The number of rotatable bonds is 9. The highest BCUT2D eigenvalue weighted by Gasteiger charge is 2.39. The lowest BCUT2D eigenvalue weighted by Gasteiger charge is -2.23. The van der Waals surface area contributed by atoms with Gasteiger partial charge in [-0.3, -0.25) is 9.69 Å². The van der Waals surface area contributed by atoms with Gasteiger partial charge in [-0.1, -0.05) is 83.9 Å². The highest BCUT2D eigenvalue weighted by atomic mass is 35.5. The van der Waals surface area contributed by atoms with E-state index in [0.717, 1.165) is 33.4 Å². The van der Waals surface area contributed by atoms with Crippen LogP contribution in [0.2, 0.25) is 5.02 Å². The summed E-state index contributed by atoms with van der Waals surface area (Å²) in [5.74, 6) is -0.293. The van der Waals surface area contributed by atoms with E-state index in [0.29, 0.717) is 29.5 Å². The number of aliphatic carboxylic acids is 1. The lowest BCUT2D eigenvalue weighted by atomic mass is 9.94. The van der Waals surface area contributed by atoms with E-state index >= 15 is 0 Å². The van der Waals surface area contributed by atoms with Crippen LogP contribution < -0.4 is 4.74 Å². The zero-order valence-electron chi connectivity index (χ0n) is 22.3. The number of cyclic esters (lactones) is 1. The first-order chi connectivity index (χ1) is 19.3. The van der Waals surface area contributed by atoms with Crippen LogP contribution in [-0.4, -0.2) is 28.1 Å². The predicted octanol–water partition coefficient (Wildman–Crippen LogP) is 7.60. The minimum atomic E-state index is -0.912. The number of carboxylic acid groups (broad SMARTS) is 1. The molecule has 40 heavy (non-hydrogen) atoms. The van der Waals surface area contributed by atoms with E-state index in [9.17, 15) is 14.7 Å². The summed E-state index contributed by atoms with van der Waals surface area (Å²) < 4.78 is 12.0. The summed E-state index contributed by atoms with van der Waals surface area (Å²) in [6.45, 7) is 4.65. The Balaban J connectivity index is 1.49. The van der Waals surface area contributed by atoms with Crippen molar-refractivity contribution < 1.29 is 24.2 Å². The molecule has 204 valence electrons. The van der Waals surface area contributed by atoms with Crippen molar-refractivity contribution in [3.05, 3.63) is 124 Å². The van der Waals surface area contributed by atoms with E-state index < -0.39 is 5.97 Å². The summed E-state index contributed by atoms with van der Waals surface area (Å²) in [5, 5.41) is 10.1. The molecular formula is C33H30ClNO5. The number of carbonyl (C=O) groups is 2. The summed E-state index contributed by atoms with van der Waals surface area (Å²) in [4.78, 5) is 26.3. The minimum Gasteiger partial charge on any atom is -0.488 e. The maximum Gasteiger partial charge on any atom is 0.411 e. The molecule has 0 unspecified atom stereocenters. The molecule has 1 aliphatic rings. The van der Waals surface area contributed by atoms with Gasteiger partial charge in [0, 0.05) is 10.6 Å². The fourth-order valence-electron chi connectivity index (χ4n) is 5.04. The highest BCUT2D eigenvalue weighted by Crippen LogP contribution is 2.38. The van der Waals surface area contributed by atoms with Gasteiger partial charge in [0.05, 0.1) is 19.0 Å². The summed E-state index contributed by atoms with van der Waals surface area (Å²) in [6.07, 6.45) is -0.841. The molecule has 0 saturated carbocycles. The average Bonchev–Trinajstić information content (AvgIpc) is 3.22. The number of carboxylic acids is 1. The van der Waals surface area contributed by atoms with Crippen LogP contribution in [0.4, 0.5) is 4.79 Å². The van der Waals surface area contributed by atoms with Crippen molar-refractivity contribution >= 4 is 23.7 Å². The van der Waals surface area contributed by atoms with Gasteiger partial charge < -0.3 is 14.6 Å². The molecule has 1 fully saturated rings. The van der Waals surface area contributed by atoms with Crippen LogP contribution in [0.15, 0.2) is 91.0 Å². The third-order valence-electron chi connectivity index (χ3n) is 7.12. The molecule has 0 bridgehead atoms. The largest absolute Gasteiger partial charge is 0.488 e. The highest BCUT2D eigenvalue weighted by molar-refractivity contribution is 6.30. The van der Waals surface area contributed by atoms with Crippen molar-refractivity contribution in [2.45, 2.75) is 45.6 Å². The molecule has 6 nitrogen and oxygen atoms in total. The summed E-state index contributed by atoms with van der Waals surface area (Å²) in [6, 6.07) is 28.5. The van der Waals surface area contributed by atoms with Crippen LogP contribution >= 0.6 is 11.6 Å². The van der Waals surface area contributed by atoms with Crippen LogP contribution in [0.5, 0.6) is 5.75 Å². The summed E-state index contributed by atoms with van der Waals surface area (Å²) in [7, 11) is 0. The second kappa shape index (κ2) is 11.8. The maximum absolute atomic E-state index is 13.0. The molecule has 2 atom stereocenters. The molecule has 0 radical (unpaired) electrons. The van der Waals surface area contributed by atoms with Crippen molar-refractivity contribution in [1.82, 2.24) is 4.90 Å². The normalized spacial score (nSPS) is 16.6. The Hall–Kier alpha value is -4.29. The molecule has 0 aromatic heterocycles. The van der Waals surface area contributed by atoms with E-state index in [1.807, 2.05) is 92.7 Å². The monoisotopic (exact) mass is 555 g/mol. The Morgan fingerprint density at radius 2 is 1.68 bits per heavy atom. The van der Waals surface area contributed by atoms with E-state index in [4.69, 9.17) is 21.1 Å². The molecule has 1 heterocycles. The third-order valence-corrected chi connectivity index (χ3v) is 7.37. The second-order valence-corrected chi connectivity index (χ2v) is 10.5. The van der Waals surface area contributed by atoms with E-state index in [2.05, 4.69) is 6.07 Å². The standard InChI is InChI=1S/C33H30ClNO5/c1-21-8-14-28(26(16-21)19-35-22(2)32(40-33(35)38)25-6-4-3-5-7-25)29-17-24(18-31(36)37)11-15-30(29)39-20-23-9-12-27(34)13-10-23/h3-17,22,32H,18-20H2,1-2H3,(H,36,37)/t22-,32-/m0/s1. The van der Waals surface area contributed by atoms with Crippen molar-refractivity contribution in [2.75, 3.05) is 0 Å². The number of hydrogen-bond acceptors (Lipinski definition) is 4. The molecule has 7 heteroatoms. The van der Waals surface area contributed by atoms with Gasteiger partial charge in [-0.05, 0) is 65.9 Å². The Labute approximate surface area is 238 Å². The third kappa shape index (κ3) is 6.13. The summed E-state index contributed by atoms with van der Waals surface area (Å²) in [5.41, 5.74) is 6.16. The average molecular weight is 556 g/mol. The van der Waals surface area contributed by atoms with Gasteiger partial charge in [-0.2, -0.15) is 0 Å². The molecule has 4 aromatic rings. The fraction of sp³-hybridized carbons (Fsp3) is 0.212. The first-order valence-electron chi connectivity index (χ1n) is 13.1. The number of hydrogen-bond donors (Lipinski definition) is 1. The SMILES string of the molecule is Cc1ccc(-c2cc(CC(=O)O)ccc2OCc2ccc(Cl)cc2)c(CN2C(=O)O[C@H](c3ccccc3)[C@@H]2C)c1. The van der Waals surface area contributed by atoms with Gasteiger partial charge in [-0.15, -0.1) is 0 Å². The molecular weight excluding hydrogens is 526 g/mol. The zero-order chi connectivity index (χ0) is 28.2. The number of amides is 1. The van der Waals surface area contributed by atoms with Gasteiger partial charge >= 0.3 is 12.1 Å².